The molecule has 164 valence electrons. The van der Waals surface area contributed by atoms with Crippen LogP contribution in [-0.4, -0.2) is 34.9 Å². The molecule has 0 aliphatic heterocycles. The summed E-state index contributed by atoms with van der Waals surface area (Å²) in [4.78, 5) is 32.4. The lowest BCUT2D eigenvalue weighted by molar-refractivity contribution is -0.113. The van der Waals surface area contributed by atoms with Crippen LogP contribution in [0.2, 0.25) is 5.02 Å². The van der Waals surface area contributed by atoms with Crippen molar-refractivity contribution in [3.63, 3.8) is 0 Å². The number of aryl methyl sites for hydroxylation is 2. The Bertz CT molecular complexity index is 1190. The van der Waals surface area contributed by atoms with Crippen LogP contribution in [0, 0.1) is 5.82 Å². The van der Waals surface area contributed by atoms with Gasteiger partial charge < -0.3 is 10.1 Å². The van der Waals surface area contributed by atoms with E-state index in [1.807, 2.05) is 0 Å². The number of carbonyl (C=O) groups excluding carboxylic acids is 1. The van der Waals surface area contributed by atoms with Crippen LogP contribution in [0.5, 0.6) is 0 Å². The Hall–Kier alpha value is -1.94. The Kier molecular flexibility index (Phi) is 6.95. The molecule has 1 aromatic carbocycles. The third-order valence-electron chi connectivity index (χ3n) is 5.09. The number of thiophene rings is 1. The van der Waals surface area contributed by atoms with E-state index in [0.29, 0.717) is 29.4 Å². The van der Waals surface area contributed by atoms with Crippen molar-refractivity contribution in [2.45, 2.75) is 37.4 Å². The maximum atomic E-state index is 13.3. The molecule has 0 spiro atoms. The largest absolute Gasteiger partial charge is 0.383 e. The molecule has 1 N–H and O–H groups in total. The molecule has 1 aliphatic carbocycles. The Morgan fingerprint density at radius 1 is 1.39 bits per heavy atom. The molecule has 0 radical (unpaired) electrons. The summed E-state index contributed by atoms with van der Waals surface area (Å²) in [6.07, 6.45) is 4.11. The average molecular weight is 482 g/mol. The van der Waals surface area contributed by atoms with Gasteiger partial charge in [0, 0.05) is 17.7 Å². The summed E-state index contributed by atoms with van der Waals surface area (Å²) in [5.74, 6) is -0.802. The van der Waals surface area contributed by atoms with Crippen LogP contribution in [-0.2, 0) is 28.9 Å². The number of halogens is 2. The number of methoxy groups -OCH3 is 1. The molecule has 2 aromatic heterocycles. The van der Waals surface area contributed by atoms with Crippen molar-refractivity contribution >= 4 is 56.5 Å². The number of benzene rings is 1. The highest BCUT2D eigenvalue weighted by Crippen LogP contribution is 2.34. The van der Waals surface area contributed by atoms with Crippen molar-refractivity contribution in [1.29, 1.82) is 0 Å². The molecule has 0 bridgehead atoms. The number of hydrogen-bond acceptors (Lipinski definition) is 6. The highest BCUT2D eigenvalue weighted by atomic mass is 35.5. The van der Waals surface area contributed by atoms with E-state index in [2.05, 4.69) is 5.32 Å². The molecular formula is C21H21ClFN3O3S2. The van der Waals surface area contributed by atoms with Gasteiger partial charge in [0.25, 0.3) is 5.56 Å². The van der Waals surface area contributed by atoms with Crippen molar-refractivity contribution < 1.29 is 13.9 Å². The van der Waals surface area contributed by atoms with Crippen LogP contribution in [0.25, 0.3) is 10.2 Å². The van der Waals surface area contributed by atoms with Crippen molar-refractivity contribution in [2.24, 2.45) is 0 Å². The summed E-state index contributed by atoms with van der Waals surface area (Å²) in [5, 5.41) is 3.82. The van der Waals surface area contributed by atoms with E-state index in [4.69, 9.17) is 21.3 Å². The van der Waals surface area contributed by atoms with Gasteiger partial charge in [0.1, 0.15) is 10.6 Å². The number of fused-ring (bicyclic) bond motifs is 3. The first kappa shape index (κ1) is 22.3. The molecule has 4 rings (SSSR count). The number of nitrogens with one attached hydrogen (secondary N) is 1. The third-order valence-corrected chi connectivity index (χ3v) is 7.55. The van der Waals surface area contributed by atoms with E-state index in [0.717, 1.165) is 36.1 Å². The van der Waals surface area contributed by atoms with E-state index in [9.17, 15) is 14.0 Å². The van der Waals surface area contributed by atoms with Crippen molar-refractivity contribution in [1.82, 2.24) is 9.55 Å². The summed E-state index contributed by atoms with van der Waals surface area (Å²) in [6, 6.07) is 3.99. The molecule has 2 heterocycles. The lowest BCUT2D eigenvalue weighted by atomic mass is 9.97. The minimum absolute atomic E-state index is 0.0466. The smallest absolute Gasteiger partial charge is 0.263 e. The second-order valence-electron chi connectivity index (χ2n) is 7.20. The minimum Gasteiger partial charge on any atom is -0.383 e. The summed E-state index contributed by atoms with van der Waals surface area (Å²) in [6.45, 7) is 0.730. The Morgan fingerprint density at radius 2 is 2.19 bits per heavy atom. The van der Waals surface area contributed by atoms with Crippen LogP contribution in [0.15, 0.2) is 28.2 Å². The zero-order valence-electron chi connectivity index (χ0n) is 16.9. The first-order valence-corrected chi connectivity index (χ1v) is 12.1. The number of ether oxygens (including phenoxy) is 1. The van der Waals surface area contributed by atoms with Gasteiger partial charge in [-0.05, 0) is 49.4 Å². The van der Waals surface area contributed by atoms with Gasteiger partial charge in [-0.15, -0.1) is 11.3 Å². The first-order valence-electron chi connectivity index (χ1n) is 9.89. The number of aromatic nitrogens is 2. The number of amides is 1. The maximum Gasteiger partial charge on any atom is 0.263 e. The number of rotatable bonds is 7. The topological polar surface area (TPSA) is 73.2 Å². The molecule has 1 aliphatic rings. The number of nitrogens with zero attached hydrogens (tertiary/aromatic N) is 2. The zero-order valence-corrected chi connectivity index (χ0v) is 19.3. The fourth-order valence-electron chi connectivity index (χ4n) is 3.61. The average Bonchev–Trinajstić information content (AvgIpc) is 3.13. The highest BCUT2D eigenvalue weighted by Gasteiger charge is 2.22. The van der Waals surface area contributed by atoms with Crippen LogP contribution in [0.4, 0.5) is 10.1 Å². The number of thioether (sulfide) groups is 1. The predicted octanol–water partition coefficient (Wildman–Crippen LogP) is 4.51. The fourth-order valence-corrected chi connectivity index (χ4v) is 5.92. The van der Waals surface area contributed by atoms with Crippen LogP contribution in [0.1, 0.15) is 23.3 Å². The second-order valence-corrected chi connectivity index (χ2v) is 9.63. The molecule has 0 fully saturated rings. The number of hydrogen-bond donors (Lipinski definition) is 1. The van der Waals surface area contributed by atoms with Gasteiger partial charge >= 0.3 is 0 Å². The van der Waals surface area contributed by atoms with E-state index in [1.165, 1.54) is 34.8 Å². The fraction of sp³-hybridized carbons (Fsp3) is 0.381. The van der Waals surface area contributed by atoms with Gasteiger partial charge in [-0.2, -0.15) is 0 Å². The molecule has 0 atom stereocenters. The normalized spacial score (nSPS) is 13.4. The standard InChI is InChI=1S/C21H21ClFN3O3S2/c1-29-9-8-26-20(28)18-13-4-2-3-5-16(13)31-19(18)25-21(26)30-11-17(27)24-12-6-7-15(23)14(22)10-12/h6-7,10H,2-5,8-9,11H2,1H3,(H,24,27). The maximum absolute atomic E-state index is 13.3. The van der Waals surface area contributed by atoms with Gasteiger partial charge in [0.05, 0.1) is 29.3 Å². The van der Waals surface area contributed by atoms with Crippen LogP contribution in [0.3, 0.4) is 0 Å². The summed E-state index contributed by atoms with van der Waals surface area (Å²) < 4.78 is 20.1. The molecule has 1 amide bonds. The lowest BCUT2D eigenvalue weighted by Crippen LogP contribution is -2.26. The van der Waals surface area contributed by atoms with Crippen molar-refractivity contribution in [3.05, 3.63) is 49.8 Å². The third kappa shape index (κ3) is 4.79. The molecule has 0 saturated carbocycles. The van der Waals surface area contributed by atoms with Gasteiger partial charge in [-0.1, -0.05) is 23.4 Å². The van der Waals surface area contributed by atoms with Gasteiger partial charge in [-0.25, -0.2) is 9.37 Å². The Morgan fingerprint density at radius 3 is 2.97 bits per heavy atom. The quantitative estimate of drug-likeness (QED) is 0.397. The first-order chi connectivity index (χ1) is 15.0. The van der Waals surface area contributed by atoms with Crippen LogP contribution >= 0.6 is 34.7 Å². The molecule has 3 aromatic rings. The van der Waals surface area contributed by atoms with E-state index in [-0.39, 0.29) is 22.2 Å². The number of carbonyl (C=O) groups is 1. The second kappa shape index (κ2) is 9.68. The number of anilines is 1. The summed E-state index contributed by atoms with van der Waals surface area (Å²) in [5.41, 5.74) is 1.47. The molecule has 0 saturated heterocycles. The van der Waals surface area contributed by atoms with Gasteiger partial charge in [0.15, 0.2) is 5.16 Å². The SMILES string of the molecule is COCCn1c(SCC(=O)Nc2ccc(F)c(Cl)c2)nc2sc3c(c2c1=O)CCCC3. The van der Waals surface area contributed by atoms with Gasteiger partial charge in [-0.3, -0.25) is 14.2 Å². The lowest BCUT2D eigenvalue weighted by Gasteiger charge is -2.13. The molecule has 0 unspecified atom stereocenters. The minimum atomic E-state index is -0.549. The molecule has 6 nitrogen and oxygen atoms in total. The molecule has 10 heteroatoms. The Balaban J connectivity index is 1.59. The summed E-state index contributed by atoms with van der Waals surface area (Å²) >= 11 is 8.54. The predicted molar refractivity (Wildman–Crippen MR) is 123 cm³/mol. The molecule has 31 heavy (non-hydrogen) atoms. The van der Waals surface area contributed by atoms with E-state index < -0.39 is 5.82 Å². The van der Waals surface area contributed by atoms with Crippen LogP contribution < -0.4 is 10.9 Å². The summed E-state index contributed by atoms with van der Waals surface area (Å²) in [7, 11) is 1.58. The van der Waals surface area contributed by atoms with Crippen molar-refractivity contribution in [2.75, 3.05) is 24.8 Å². The van der Waals surface area contributed by atoms with E-state index >= 15 is 0 Å². The highest BCUT2D eigenvalue weighted by molar-refractivity contribution is 7.99. The molecular weight excluding hydrogens is 461 g/mol. The monoisotopic (exact) mass is 481 g/mol. The van der Waals surface area contributed by atoms with E-state index in [1.54, 1.807) is 23.0 Å². The van der Waals surface area contributed by atoms with Gasteiger partial charge in [0.2, 0.25) is 5.91 Å². The zero-order chi connectivity index (χ0) is 22.0. The van der Waals surface area contributed by atoms with Crippen molar-refractivity contribution in [3.8, 4) is 0 Å². The Labute approximate surface area is 191 Å².